The molecule has 0 amide bonds. The molecular formula is C14H8F18O5. The maximum absolute atomic E-state index is 14.1. The molecule has 0 aromatic carbocycles. The van der Waals surface area contributed by atoms with Crippen LogP contribution in [-0.4, -0.2) is 86.3 Å². The number of hydrogen-bond donors (Lipinski definition) is 0. The third-order valence-corrected chi connectivity index (χ3v) is 4.03. The molecule has 2 unspecified atom stereocenters. The van der Waals surface area contributed by atoms with Crippen LogP contribution in [0.3, 0.4) is 0 Å². The molecule has 0 aliphatic heterocycles. The number of carbonyl (C=O) groups excluding carboxylic acids is 2. The smallest absolute Gasteiger partial charge is 0.305 e. The molecule has 0 aromatic heterocycles. The fraction of sp³-hybridized carbons (Fsp3) is 0.857. The summed E-state index contributed by atoms with van der Waals surface area (Å²) in [6, 6.07) is -7.84. The van der Waals surface area contributed by atoms with Crippen molar-refractivity contribution in [2.45, 2.75) is 47.6 Å². The predicted octanol–water partition coefficient (Wildman–Crippen LogP) is 5.03. The second-order valence-electron chi connectivity index (χ2n) is 6.57. The quantitative estimate of drug-likeness (QED) is 0.185. The molecule has 0 rings (SSSR count). The van der Waals surface area contributed by atoms with Gasteiger partial charge < -0.3 is 9.47 Å². The van der Waals surface area contributed by atoms with Crippen molar-refractivity contribution in [2.75, 3.05) is 26.6 Å². The van der Waals surface area contributed by atoms with Crippen LogP contribution in [0.2, 0.25) is 0 Å². The molecule has 0 bridgehead atoms. The number of hydrogen-bond acceptors (Lipinski definition) is 5. The Hall–Kier alpha value is -2.04. The van der Waals surface area contributed by atoms with E-state index in [-0.39, 0.29) is 0 Å². The van der Waals surface area contributed by atoms with E-state index in [1.165, 1.54) is 0 Å². The first-order valence-electron chi connectivity index (χ1n) is 8.27. The lowest BCUT2D eigenvalue weighted by Crippen LogP contribution is -2.68. The Balaban J connectivity index is 6.27. The third-order valence-electron chi connectivity index (χ3n) is 4.03. The molecule has 0 fully saturated rings. The number of carbonyl (C=O) groups is 2. The van der Waals surface area contributed by atoms with E-state index in [2.05, 4.69) is 9.47 Å². The maximum atomic E-state index is 14.1. The molecule has 0 spiro atoms. The first-order valence-corrected chi connectivity index (χ1v) is 8.27. The zero-order valence-electron chi connectivity index (χ0n) is 16.7. The van der Waals surface area contributed by atoms with Gasteiger partial charge in [0.05, 0.1) is 0 Å². The van der Waals surface area contributed by atoms with Gasteiger partial charge in [0.2, 0.25) is 0 Å². The molecule has 0 saturated heterocycles. The van der Waals surface area contributed by atoms with E-state index in [4.69, 9.17) is 0 Å². The summed E-state index contributed by atoms with van der Waals surface area (Å²) in [7, 11) is 0. The lowest BCUT2D eigenvalue weighted by molar-refractivity contribution is -0.473. The topological polar surface area (TPSA) is 61.8 Å². The van der Waals surface area contributed by atoms with E-state index in [1.54, 1.807) is 0 Å². The van der Waals surface area contributed by atoms with Gasteiger partial charge in [0.25, 0.3) is 11.3 Å². The minimum absolute atomic E-state index is 1.84. The lowest BCUT2D eigenvalue weighted by atomic mass is 9.95. The first-order chi connectivity index (χ1) is 16.1. The summed E-state index contributed by atoms with van der Waals surface area (Å²) in [4.78, 5) is 19.6. The zero-order valence-corrected chi connectivity index (χ0v) is 16.7. The van der Waals surface area contributed by atoms with Crippen LogP contribution in [0.25, 0.3) is 0 Å². The van der Waals surface area contributed by atoms with Gasteiger partial charge in [-0.15, -0.1) is 0 Å². The van der Waals surface area contributed by atoms with E-state index >= 15 is 0 Å². The molecule has 5 nitrogen and oxygen atoms in total. The van der Waals surface area contributed by atoms with Gasteiger partial charge in [-0.25, -0.2) is 22.3 Å². The number of halogens is 18. The normalized spacial score (nSPS) is 17.8. The summed E-state index contributed by atoms with van der Waals surface area (Å²) < 4.78 is 245. The van der Waals surface area contributed by atoms with Crippen molar-refractivity contribution in [3.63, 3.8) is 0 Å². The van der Waals surface area contributed by atoms with Crippen LogP contribution >= 0.6 is 0 Å². The Morgan fingerprint density at radius 1 is 0.514 bits per heavy atom. The Morgan fingerprint density at radius 2 is 0.757 bits per heavy atom. The molecule has 0 aliphatic rings. The van der Waals surface area contributed by atoms with Crippen molar-refractivity contribution in [3.05, 3.63) is 0 Å². The number of ether oxygens (including phenoxy) is 3. The van der Waals surface area contributed by atoms with Gasteiger partial charge in [0.15, 0.2) is 0 Å². The molecule has 0 N–H and O–H groups in total. The van der Waals surface area contributed by atoms with Gasteiger partial charge in [-0.2, -0.15) is 61.5 Å². The summed E-state index contributed by atoms with van der Waals surface area (Å²) in [5, 5.41) is 0. The van der Waals surface area contributed by atoms with Crippen molar-refractivity contribution >= 4 is 12.1 Å². The molecule has 0 saturated carbocycles. The largest absolute Gasteiger partial charge is 0.448 e. The second-order valence-corrected chi connectivity index (χ2v) is 6.57. The number of rotatable bonds is 16. The van der Waals surface area contributed by atoms with E-state index in [1.807, 2.05) is 4.74 Å². The molecule has 2 atom stereocenters. The van der Waals surface area contributed by atoms with E-state index in [9.17, 15) is 88.6 Å². The highest BCUT2D eigenvalue weighted by Crippen LogP contribution is 2.53. The van der Waals surface area contributed by atoms with Gasteiger partial charge in [-0.05, 0) is 0 Å². The van der Waals surface area contributed by atoms with Gasteiger partial charge in [-0.3, -0.25) is 9.59 Å². The lowest BCUT2D eigenvalue weighted by Gasteiger charge is -2.41. The molecule has 0 aromatic rings. The fourth-order valence-corrected chi connectivity index (χ4v) is 1.80. The van der Waals surface area contributed by atoms with E-state index < -0.39 is 86.3 Å². The fourth-order valence-electron chi connectivity index (χ4n) is 1.80. The minimum Gasteiger partial charge on any atom is -0.305 e. The van der Waals surface area contributed by atoms with E-state index in [0.29, 0.717) is 0 Å². The summed E-state index contributed by atoms with van der Waals surface area (Å²) in [6.07, 6.45) is -26.6. The zero-order chi connectivity index (χ0) is 30.1. The summed E-state index contributed by atoms with van der Waals surface area (Å²) in [5.41, 5.74) is -13.5. The van der Waals surface area contributed by atoms with Crippen LogP contribution in [0.1, 0.15) is 0 Å². The molecule has 0 aliphatic carbocycles. The summed E-state index contributed by atoms with van der Waals surface area (Å²) in [5.74, 6) is -13.2. The van der Waals surface area contributed by atoms with Crippen LogP contribution in [0.15, 0.2) is 0 Å². The summed E-state index contributed by atoms with van der Waals surface area (Å²) >= 11 is 0. The minimum atomic E-state index is -7.35. The highest BCUT2D eigenvalue weighted by Gasteiger charge is 2.79. The van der Waals surface area contributed by atoms with Crippen molar-refractivity contribution in [2.24, 2.45) is 0 Å². The SMILES string of the molecule is O=C(F)C(F)(F)OCC(F)(F)C(F)(CF)C(F)(F)OC(F)(F)C(F)(CF)C(F)(F)COC(F)(F)C(=O)F. The average Bonchev–Trinajstić information content (AvgIpc) is 2.73. The van der Waals surface area contributed by atoms with Crippen molar-refractivity contribution in [1.29, 1.82) is 0 Å². The molecule has 37 heavy (non-hydrogen) atoms. The predicted molar refractivity (Wildman–Crippen MR) is 74.5 cm³/mol. The van der Waals surface area contributed by atoms with Gasteiger partial charge in [0, 0.05) is 0 Å². The average molecular weight is 598 g/mol. The van der Waals surface area contributed by atoms with Crippen LogP contribution in [0, 0.1) is 0 Å². The monoisotopic (exact) mass is 598 g/mol. The molecule has 23 heteroatoms. The second kappa shape index (κ2) is 10.6. The Labute approximate surface area is 190 Å². The standard InChI is InChI=1S/C14H8F18O5/c15-1-7(19,9(21,22)3-35-11(25,26)5(17)33)13(29,30)37-14(31,32)8(20,2-16)10(23,24)4-36-12(27,28)6(18)34/h1-4H2. The Bertz CT molecular complexity index is 768. The molecule has 0 radical (unpaired) electrons. The molecule has 0 heterocycles. The highest BCUT2D eigenvalue weighted by atomic mass is 19.3. The van der Waals surface area contributed by atoms with Crippen LogP contribution in [0.4, 0.5) is 79.0 Å². The van der Waals surface area contributed by atoms with Gasteiger partial charge in [0.1, 0.15) is 26.6 Å². The van der Waals surface area contributed by atoms with E-state index in [0.717, 1.165) is 0 Å². The van der Waals surface area contributed by atoms with Crippen molar-refractivity contribution < 1.29 is 103 Å². The van der Waals surface area contributed by atoms with Gasteiger partial charge in [-0.1, -0.05) is 0 Å². The maximum Gasteiger partial charge on any atom is 0.448 e. The van der Waals surface area contributed by atoms with Crippen LogP contribution < -0.4 is 0 Å². The molecule has 220 valence electrons. The van der Waals surface area contributed by atoms with Crippen molar-refractivity contribution in [1.82, 2.24) is 0 Å². The Kier molecular flexibility index (Phi) is 10.0. The number of alkyl halides is 16. The molecular weight excluding hydrogens is 590 g/mol. The highest BCUT2D eigenvalue weighted by molar-refractivity contribution is 5.74. The summed E-state index contributed by atoms with van der Waals surface area (Å²) in [6.45, 7) is -15.3. The van der Waals surface area contributed by atoms with Gasteiger partial charge >= 0.3 is 48.4 Å². The Morgan fingerprint density at radius 3 is 0.946 bits per heavy atom. The van der Waals surface area contributed by atoms with Crippen LogP contribution in [0.5, 0.6) is 0 Å². The first kappa shape index (κ1) is 35.0. The third kappa shape index (κ3) is 6.70. The van der Waals surface area contributed by atoms with Crippen LogP contribution in [-0.2, 0) is 23.8 Å². The van der Waals surface area contributed by atoms with Crippen molar-refractivity contribution in [3.8, 4) is 0 Å².